The number of hydrogen-bond donors (Lipinski definition) is 2. The van der Waals surface area contributed by atoms with E-state index in [4.69, 9.17) is 0 Å². The van der Waals surface area contributed by atoms with Gasteiger partial charge in [0.1, 0.15) is 5.69 Å². The molecule has 0 unspecified atom stereocenters. The standard InChI is InChI=1S/C13H17N5O4/c1-8(6-5-7-9(2)16-22)14-15-10-11(19)17(3)13(21)18(4)12(10)20/h5-7,14-15,19H,1H2,2-4H3/p-1/b6-5-,9-7-. The Morgan fingerprint density at radius 2 is 1.95 bits per heavy atom. The minimum atomic E-state index is -0.752. The van der Waals surface area contributed by atoms with Crippen molar-refractivity contribution in [3.8, 4) is 5.88 Å². The van der Waals surface area contributed by atoms with Crippen molar-refractivity contribution in [1.29, 1.82) is 0 Å². The Labute approximate surface area is 125 Å². The fourth-order valence-corrected chi connectivity index (χ4v) is 1.45. The lowest BCUT2D eigenvalue weighted by Gasteiger charge is -2.20. The first kappa shape index (κ1) is 17.0. The molecule has 0 spiro atoms. The molecule has 0 bridgehead atoms. The van der Waals surface area contributed by atoms with Gasteiger partial charge in [0.15, 0.2) is 0 Å². The lowest BCUT2D eigenvalue weighted by Crippen LogP contribution is -2.41. The van der Waals surface area contributed by atoms with Gasteiger partial charge in [-0.25, -0.2) is 4.79 Å². The van der Waals surface area contributed by atoms with Crippen LogP contribution in [0.1, 0.15) is 6.92 Å². The van der Waals surface area contributed by atoms with E-state index in [1.165, 1.54) is 39.2 Å². The average Bonchev–Trinajstić information content (AvgIpc) is 2.50. The number of hydrogen-bond acceptors (Lipinski definition) is 7. The highest BCUT2D eigenvalue weighted by atomic mass is 16.3. The second kappa shape index (κ2) is 7.07. The Kier molecular flexibility index (Phi) is 5.44. The summed E-state index contributed by atoms with van der Waals surface area (Å²) >= 11 is 0. The summed E-state index contributed by atoms with van der Waals surface area (Å²) < 4.78 is 1.62. The molecule has 0 saturated carbocycles. The fraction of sp³-hybridized carbons (Fsp3) is 0.231. The van der Waals surface area contributed by atoms with Gasteiger partial charge < -0.3 is 15.1 Å². The zero-order valence-corrected chi connectivity index (χ0v) is 12.4. The van der Waals surface area contributed by atoms with Crippen molar-refractivity contribution in [3.63, 3.8) is 0 Å². The molecule has 9 heteroatoms. The average molecular weight is 306 g/mol. The molecule has 2 N–H and O–H groups in total. The van der Waals surface area contributed by atoms with Gasteiger partial charge >= 0.3 is 5.69 Å². The zero-order valence-electron chi connectivity index (χ0n) is 12.4. The SMILES string of the molecule is C=C(/C=C\C=C(\C)N=O)NNc1c([O-])n(C)c(=O)n(C)c1=O. The summed E-state index contributed by atoms with van der Waals surface area (Å²) in [6.07, 6.45) is 4.48. The molecule has 0 amide bonds. The molecule has 1 rings (SSSR count). The highest BCUT2D eigenvalue weighted by Gasteiger charge is 2.08. The molecule has 22 heavy (non-hydrogen) atoms. The highest BCUT2D eigenvalue weighted by Crippen LogP contribution is 2.09. The van der Waals surface area contributed by atoms with Crippen molar-refractivity contribution in [1.82, 2.24) is 14.6 Å². The van der Waals surface area contributed by atoms with Crippen molar-refractivity contribution < 1.29 is 5.11 Å². The first-order valence-electron chi connectivity index (χ1n) is 6.15. The summed E-state index contributed by atoms with van der Waals surface area (Å²) in [6, 6.07) is 0. The van der Waals surface area contributed by atoms with Gasteiger partial charge in [-0.05, 0) is 30.1 Å². The van der Waals surface area contributed by atoms with Gasteiger partial charge in [-0.1, -0.05) is 12.7 Å². The van der Waals surface area contributed by atoms with Crippen LogP contribution in [0.5, 0.6) is 5.88 Å². The minimum Gasteiger partial charge on any atom is -0.858 e. The maximum atomic E-state index is 11.9. The molecule has 1 aromatic heterocycles. The molecule has 1 heterocycles. The summed E-state index contributed by atoms with van der Waals surface area (Å²) in [6.45, 7) is 5.17. The van der Waals surface area contributed by atoms with Crippen LogP contribution in [0.3, 0.4) is 0 Å². The molecular weight excluding hydrogens is 290 g/mol. The van der Waals surface area contributed by atoms with Crippen LogP contribution < -0.4 is 27.2 Å². The first-order chi connectivity index (χ1) is 10.3. The zero-order chi connectivity index (χ0) is 16.9. The van der Waals surface area contributed by atoms with Crippen LogP contribution in [0.4, 0.5) is 5.69 Å². The number of nitroso groups, excluding NO2 is 1. The van der Waals surface area contributed by atoms with Crippen molar-refractivity contribution in [2.24, 2.45) is 19.3 Å². The van der Waals surface area contributed by atoms with E-state index in [0.717, 1.165) is 9.13 Å². The van der Waals surface area contributed by atoms with Crippen LogP contribution in [0, 0.1) is 4.91 Å². The summed E-state index contributed by atoms with van der Waals surface area (Å²) in [5.41, 5.74) is 3.82. The predicted molar refractivity (Wildman–Crippen MR) is 81.0 cm³/mol. The Hall–Kier alpha value is -3.10. The second-order valence-electron chi connectivity index (χ2n) is 4.42. The van der Waals surface area contributed by atoms with Crippen LogP contribution in [-0.2, 0) is 14.1 Å². The van der Waals surface area contributed by atoms with E-state index in [2.05, 4.69) is 22.6 Å². The predicted octanol–water partition coefficient (Wildman–Crippen LogP) is -0.186. The Bertz CT molecular complexity index is 770. The number of nitrogens with zero attached hydrogens (tertiary/aromatic N) is 3. The maximum Gasteiger partial charge on any atom is 0.330 e. The molecule has 0 radical (unpaired) electrons. The third kappa shape index (κ3) is 3.72. The number of rotatable bonds is 6. The summed E-state index contributed by atoms with van der Waals surface area (Å²) in [5, 5.41) is 14.6. The number of anilines is 1. The third-order valence-electron chi connectivity index (χ3n) is 2.74. The van der Waals surface area contributed by atoms with Gasteiger partial charge in [-0.2, -0.15) is 0 Å². The quantitative estimate of drug-likeness (QED) is 0.427. The molecule has 1 aromatic rings. The Morgan fingerprint density at radius 1 is 1.32 bits per heavy atom. The topological polar surface area (TPSA) is 121 Å². The number of aromatic nitrogens is 2. The molecule has 0 aliphatic carbocycles. The normalized spacial score (nSPS) is 11.5. The van der Waals surface area contributed by atoms with Crippen molar-refractivity contribution in [2.75, 3.05) is 5.43 Å². The second-order valence-corrected chi connectivity index (χ2v) is 4.42. The van der Waals surface area contributed by atoms with E-state index in [9.17, 15) is 19.6 Å². The molecule has 0 aromatic carbocycles. The smallest absolute Gasteiger partial charge is 0.330 e. The van der Waals surface area contributed by atoms with E-state index in [-0.39, 0.29) is 11.4 Å². The molecule has 9 nitrogen and oxygen atoms in total. The summed E-state index contributed by atoms with van der Waals surface area (Å²) in [4.78, 5) is 33.6. The van der Waals surface area contributed by atoms with Crippen molar-refractivity contribution >= 4 is 5.69 Å². The van der Waals surface area contributed by atoms with Crippen LogP contribution in [0.2, 0.25) is 0 Å². The number of hydrazine groups is 1. The molecular formula is C13H16N5O4-. The minimum absolute atomic E-state index is 0.283. The largest absolute Gasteiger partial charge is 0.858 e. The number of nitrogens with one attached hydrogen (secondary N) is 2. The van der Waals surface area contributed by atoms with Crippen molar-refractivity contribution in [3.05, 3.63) is 61.9 Å². The monoisotopic (exact) mass is 306 g/mol. The van der Waals surface area contributed by atoms with Crippen LogP contribution >= 0.6 is 0 Å². The maximum absolute atomic E-state index is 11.9. The van der Waals surface area contributed by atoms with E-state index in [0.29, 0.717) is 5.70 Å². The number of allylic oxidation sites excluding steroid dienone is 4. The Balaban J connectivity index is 2.90. The van der Waals surface area contributed by atoms with Crippen LogP contribution in [-0.4, -0.2) is 9.13 Å². The Morgan fingerprint density at radius 3 is 2.55 bits per heavy atom. The van der Waals surface area contributed by atoms with Gasteiger partial charge in [-0.15, -0.1) is 4.91 Å². The molecule has 0 atom stereocenters. The summed E-state index contributed by atoms with van der Waals surface area (Å²) in [7, 11) is 2.54. The van der Waals surface area contributed by atoms with E-state index >= 15 is 0 Å². The lowest BCUT2D eigenvalue weighted by atomic mass is 10.3. The third-order valence-corrected chi connectivity index (χ3v) is 2.74. The molecule has 0 fully saturated rings. The summed E-state index contributed by atoms with van der Waals surface area (Å²) in [5.74, 6) is -0.752. The van der Waals surface area contributed by atoms with E-state index < -0.39 is 17.1 Å². The van der Waals surface area contributed by atoms with Crippen LogP contribution in [0.25, 0.3) is 0 Å². The lowest BCUT2D eigenvalue weighted by molar-refractivity contribution is -0.278. The van der Waals surface area contributed by atoms with Gasteiger partial charge in [-0.3, -0.25) is 14.8 Å². The molecule has 118 valence electrons. The highest BCUT2D eigenvalue weighted by molar-refractivity contribution is 5.49. The van der Waals surface area contributed by atoms with Gasteiger partial charge in [0, 0.05) is 19.8 Å². The van der Waals surface area contributed by atoms with Gasteiger partial charge in [0.25, 0.3) is 5.56 Å². The molecule has 0 aliphatic heterocycles. The van der Waals surface area contributed by atoms with Gasteiger partial charge in [0.05, 0.1) is 5.70 Å². The van der Waals surface area contributed by atoms with Crippen molar-refractivity contribution in [2.45, 2.75) is 6.92 Å². The van der Waals surface area contributed by atoms with E-state index in [1.807, 2.05) is 0 Å². The fourth-order valence-electron chi connectivity index (χ4n) is 1.45. The molecule has 0 aliphatic rings. The van der Waals surface area contributed by atoms with E-state index in [1.54, 1.807) is 0 Å². The van der Waals surface area contributed by atoms with Crippen LogP contribution in [0.15, 0.2) is 51.0 Å². The molecule has 0 saturated heterocycles. The first-order valence-corrected chi connectivity index (χ1v) is 6.15. The van der Waals surface area contributed by atoms with Gasteiger partial charge in [0.2, 0.25) is 0 Å².